The van der Waals surface area contributed by atoms with Crippen molar-refractivity contribution in [2.45, 2.75) is 37.3 Å². The summed E-state index contributed by atoms with van der Waals surface area (Å²) >= 11 is 0. The van der Waals surface area contributed by atoms with Crippen LogP contribution in [0.15, 0.2) is 36.9 Å². The lowest BCUT2D eigenvalue weighted by Gasteiger charge is -2.17. The Morgan fingerprint density at radius 3 is 2.67 bits per heavy atom. The number of ether oxygens (including phenoxy) is 2. The zero-order valence-corrected chi connectivity index (χ0v) is 15.4. The van der Waals surface area contributed by atoms with Gasteiger partial charge >= 0.3 is 6.18 Å². The Morgan fingerprint density at radius 2 is 1.90 bits per heavy atom. The number of hydrogen-bond acceptors (Lipinski definition) is 8. The SMILES string of the molecule is Nc1ncnc2c1ncn2[C@@H]1O[C@H](COCc2ccccc2C(F)(F)F)[C@@H](O)[C@H]1O. The first kappa shape index (κ1) is 20.5. The molecule has 12 heteroatoms. The number of rotatable bonds is 5. The molecule has 4 rings (SSSR count). The molecule has 0 spiro atoms. The van der Waals surface area contributed by atoms with E-state index in [1.54, 1.807) is 0 Å². The van der Waals surface area contributed by atoms with Crippen molar-refractivity contribution >= 4 is 17.0 Å². The van der Waals surface area contributed by atoms with Crippen molar-refractivity contribution in [1.29, 1.82) is 0 Å². The lowest BCUT2D eigenvalue weighted by Crippen LogP contribution is -2.33. The second-order valence-corrected chi connectivity index (χ2v) is 6.80. The number of nitrogens with zero attached hydrogens (tertiary/aromatic N) is 4. The first-order valence-corrected chi connectivity index (χ1v) is 8.95. The average molecular weight is 425 g/mol. The van der Waals surface area contributed by atoms with Crippen LogP contribution < -0.4 is 5.73 Å². The van der Waals surface area contributed by atoms with Crippen molar-refractivity contribution in [1.82, 2.24) is 19.5 Å². The molecule has 1 aliphatic rings. The Morgan fingerprint density at radius 1 is 1.13 bits per heavy atom. The number of benzene rings is 1. The summed E-state index contributed by atoms with van der Waals surface area (Å²) in [5, 5.41) is 20.7. The maximum Gasteiger partial charge on any atom is 0.416 e. The number of imidazole rings is 1. The van der Waals surface area contributed by atoms with Gasteiger partial charge in [0.1, 0.15) is 30.2 Å². The molecule has 1 aromatic carbocycles. The van der Waals surface area contributed by atoms with Gasteiger partial charge in [-0.3, -0.25) is 4.57 Å². The Hall–Kier alpha value is -2.80. The largest absolute Gasteiger partial charge is 0.416 e. The zero-order chi connectivity index (χ0) is 21.5. The van der Waals surface area contributed by atoms with Gasteiger partial charge in [-0.05, 0) is 11.6 Å². The minimum atomic E-state index is -4.50. The van der Waals surface area contributed by atoms with Gasteiger partial charge in [0.15, 0.2) is 17.7 Å². The van der Waals surface area contributed by atoms with Crippen LogP contribution >= 0.6 is 0 Å². The number of nitrogen functional groups attached to an aromatic ring is 1. The molecular weight excluding hydrogens is 407 g/mol. The number of aliphatic hydroxyl groups is 2. The van der Waals surface area contributed by atoms with E-state index in [4.69, 9.17) is 15.2 Å². The Bertz CT molecular complexity index is 1040. The highest BCUT2D eigenvalue weighted by Crippen LogP contribution is 2.34. The summed E-state index contributed by atoms with van der Waals surface area (Å²) in [4.78, 5) is 12.0. The number of hydrogen-bond donors (Lipinski definition) is 3. The maximum atomic E-state index is 13.1. The van der Waals surface area contributed by atoms with Gasteiger partial charge in [-0.1, -0.05) is 18.2 Å². The first-order valence-electron chi connectivity index (χ1n) is 8.95. The third kappa shape index (κ3) is 3.69. The van der Waals surface area contributed by atoms with Crippen LogP contribution in [0.1, 0.15) is 17.4 Å². The van der Waals surface area contributed by atoms with Crippen LogP contribution in [0.25, 0.3) is 11.2 Å². The molecule has 30 heavy (non-hydrogen) atoms. The van der Waals surface area contributed by atoms with E-state index in [-0.39, 0.29) is 24.6 Å². The highest BCUT2D eigenvalue weighted by atomic mass is 19.4. The van der Waals surface area contributed by atoms with E-state index in [0.29, 0.717) is 11.2 Å². The van der Waals surface area contributed by atoms with E-state index < -0.39 is 36.3 Å². The van der Waals surface area contributed by atoms with Gasteiger partial charge in [0.05, 0.1) is 25.1 Å². The van der Waals surface area contributed by atoms with Gasteiger partial charge in [-0.25, -0.2) is 15.0 Å². The normalized spacial score (nSPS) is 24.6. The van der Waals surface area contributed by atoms with E-state index in [1.807, 2.05) is 0 Å². The van der Waals surface area contributed by atoms with Crippen LogP contribution in [0.5, 0.6) is 0 Å². The smallest absolute Gasteiger partial charge is 0.387 e. The predicted octanol–water partition coefficient (Wildman–Crippen LogP) is 1.26. The molecule has 0 bridgehead atoms. The van der Waals surface area contributed by atoms with Gasteiger partial charge in [-0.15, -0.1) is 0 Å². The summed E-state index contributed by atoms with van der Waals surface area (Å²) in [6.07, 6.45) is -6.60. The number of aromatic nitrogens is 4. The molecule has 9 nitrogen and oxygen atoms in total. The highest BCUT2D eigenvalue weighted by Gasteiger charge is 2.44. The minimum Gasteiger partial charge on any atom is -0.387 e. The lowest BCUT2D eigenvalue weighted by atomic mass is 10.1. The fourth-order valence-corrected chi connectivity index (χ4v) is 3.36. The molecule has 1 saturated heterocycles. The van der Waals surface area contributed by atoms with Gasteiger partial charge in [0, 0.05) is 0 Å². The number of alkyl halides is 3. The molecule has 1 fully saturated rings. The molecule has 1 aliphatic heterocycles. The lowest BCUT2D eigenvalue weighted by molar-refractivity contribution is -0.139. The van der Waals surface area contributed by atoms with Crippen LogP contribution in [0, 0.1) is 0 Å². The van der Waals surface area contributed by atoms with E-state index in [0.717, 1.165) is 6.07 Å². The third-order valence-corrected chi connectivity index (χ3v) is 4.86. The second kappa shape index (κ2) is 7.80. The minimum absolute atomic E-state index is 0.0395. The van der Waals surface area contributed by atoms with Crippen LogP contribution in [0.2, 0.25) is 0 Å². The van der Waals surface area contributed by atoms with Crippen LogP contribution in [-0.2, 0) is 22.3 Å². The summed E-state index contributed by atoms with van der Waals surface area (Å²) in [6, 6.07) is 5.06. The number of fused-ring (bicyclic) bond motifs is 1. The van der Waals surface area contributed by atoms with Crippen molar-refractivity contribution in [3.8, 4) is 0 Å². The van der Waals surface area contributed by atoms with Gasteiger partial charge in [-0.2, -0.15) is 13.2 Å². The van der Waals surface area contributed by atoms with Crippen LogP contribution in [-0.4, -0.2) is 54.7 Å². The summed E-state index contributed by atoms with van der Waals surface area (Å²) < 4.78 is 51.7. The molecule has 2 aromatic heterocycles. The molecular formula is C18H18F3N5O4. The third-order valence-electron chi connectivity index (χ3n) is 4.86. The maximum absolute atomic E-state index is 13.1. The predicted molar refractivity (Wildman–Crippen MR) is 96.8 cm³/mol. The molecule has 4 N–H and O–H groups in total. The molecule has 4 atom stereocenters. The Kier molecular flexibility index (Phi) is 5.32. The van der Waals surface area contributed by atoms with Crippen molar-refractivity contribution < 1.29 is 32.9 Å². The van der Waals surface area contributed by atoms with E-state index in [2.05, 4.69) is 15.0 Å². The topological polar surface area (TPSA) is 129 Å². The Balaban J connectivity index is 1.45. The van der Waals surface area contributed by atoms with Crippen molar-refractivity contribution in [3.05, 3.63) is 48.0 Å². The fraction of sp³-hybridized carbons (Fsp3) is 0.389. The first-order chi connectivity index (χ1) is 14.3. The quantitative estimate of drug-likeness (QED) is 0.557. The summed E-state index contributed by atoms with van der Waals surface area (Å²) in [7, 11) is 0. The number of halogens is 3. The molecule has 0 amide bonds. The van der Waals surface area contributed by atoms with Gasteiger partial charge < -0.3 is 25.4 Å². The standard InChI is InChI=1S/C18H18F3N5O4/c19-18(20,21)10-4-2-1-3-9(10)5-29-6-11-13(27)14(28)17(30-11)26-8-25-12-15(22)23-7-24-16(12)26/h1-4,7-8,11,13-14,17,27-28H,5-6H2,(H2,22,23,24)/t11-,13-,14-,17-/m1/s1. The number of aliphatic hydroxyl groups excluding tert-OH is 2. The summed E-state index contributed by atoms with van der Waals surface area (Å²) in [6.45, 7) is -0.564. The van der Waals surface area contributed by atoms with E-state index >= 15 is 0 Å². The second-order valence-electron chi connectivity index (χ2n) is 6.80. The van der Waals surface area contributed by atoms with Gasteiger partial charge in [0.2, 0.25) is 0 Å². The number of anilines is 1. The molecule has 0 unspecified atom stereocenters. The molecule has 160 valence electrons. The van der Waals surface area contributed by atoms with Crippen LogP contribution in [0.3, 0.4) is 0 Å². The molecule has 0 radical (unpaired) electrons. The Labute approximate surface area is 167 Å². The van der Waals surface area contributed by atoms with E-state index in [9.17, 15) is 23.4 Å². The van der Waals surface area contributed by atoms with E-state index in [1.165, 1.54) is 35.4 Å². The molecule has 3 heterocycles. The monoisotopic (exact) mass is 425 g/mol. The molecule has 3 aromatic rings. The number of nitrogens with two attached hydrogens (primary N) is 1. The van der Waals surface area contributed by atoms with Crippen molar-refractivity contribution in [3.63, 3.8) is 0 Å². The molecule has 0 aliphatic carbocycles. The average Bonchev–Trinajstić information content (AvgIpc) is 3.25. The summed E-state index contributed by atoms with van der Waals surface area (Å²) in [5.74, 6) is 0.148. The van der Waals surface area contributed by atoms with Crippen molar-refractivity contribution in [2.24, 2.45) is 0 Å². The van der Waals surface area contributed by atoms with Crippen molar-refractivity contribution in [2.75, 3.05) is 12.3 Å². The van der Waals surface area contributed by atoms with Gasteiger partial charge in [0.25, 0.3) is 0 Å². The zero-order valence-electron chi connectivity index (χ0n) is 15.4. The highest BCUT2D eigenvalue weighted by molar-refractivity contribution is 5.81. The van der Waals surface area contributed by atoms with Crippen LogP contribution in [0.4, 0.5) is 19.0 Å². The summed E-state index contributed by atoms with van der Waals surface area (Å²) in [5.41, 5.74) is 5.52. The fourth-order valence-electron chi connectivity index (χ4n) is 3.36. The molecule has 0 saturated carbocycles.